The van der Waals surface area contributed by atoms with E-state index in [1.165, 1.54) is 22.5 Å². The summed E-state index contributed by atoms with van der Waals surface area (Å²) in [7, 11) is 0. The van der Waals surface area contributed by atoms with Crippen LogP contribution < -0.4 is 5.32 Å². The minimum Gasteiger partial charge on any atom is -0.463 e. The fourth-order valence-electron chi connectivity index (χ4n) is 4.14. The Morgan fingerprint density at radius 1 is 1.10 bits per heavy atom. The minimum atomic E-state index is -0.141. The van der Waals surface area contributed by atoms with Gasteiger partial charge < -0.3 is 14.5 Å². The first-order valence-corrected chi connectivity index (χ1v) is 11.2. The van der Waals surface area contributed by atoms with Crippen LogP contribution in [-0.2, 0) is 22.6 Å². The molecule has 3 aromatic rings. The van der Waals surface area contributed by atoms with E-state index in [4.69, 9.17) is 9.15 Å². The van der Waals surface area contributed by atoms with E-state index in [-0.39, 0.29) is 24.2 Å². The third-order valence-electron chi connectivity index (χ3n) is 5.72. The van der Waals surface area contributed by atoms with Gasteiger partial charge in [-0.1, -0.05) is 35.6 Å². The third kappa shape index (κ3) is 4.32. The molecule has 2 aliphatic heterocycles. The maximum absolute atomic E-state index is 13.2. The van der Waals surface area contributed by atoms with Gasteiger partial charge in [-0.15, -0.1) is 0 Å². The van der Waals surface area contributed by atoms with Crippen LogP contribution in [0.2, 0.25) is 0 Å². The molecule has 4 heterocycles. The first kappa shape index (κ1) is 20.1. The van der Waals surface area contributed by atoms with Gasteiger partial charge in [0.15, 0.2) is 16.7 Å². The van der Waals surface area contributed by atoms with Crippen molar-refractivity contribution in [1.29, 1.82) is 0 Å². The normalized spacial score (nSPS) is 16.9. The van der Waals surface area contributed by atoms with Crippen molar-refractivity contribution in [3.63, 3.8) is 0 Å². The Labute approximate surface area is 184 Å². The van der Waals surface area contributed by atoms with Crippen LogP contribution >= 0.6 is 11.3 Å². The van der Waals surface area contributed by atoms with Crippen molar-refractivity contribution < 1.29 is 18.7 Å². The molecular formula is C23H23N3O4S. The highest BCUT2D eigenvalue weighted by molar-refractivity contribution is 7.18. The summed E-state index contributed by atoms with van der Waals surface area (Å²) in [5.41, 5.74) is 3.01. The second kappa shape index (κ2) is 8.74. The van der Waals surface area contributed by atoms with Crippen LogP contribution in [0, 0.1) is 5.92 Å². The number of nitrogens with zero attached hydrogens (tertiary/aromatic N) is 2. The molecule has 8 heteroatoms. The van der Waals surface area contributed by atoms with Crippen molar-refractivity contribution in [2.75, 3.05) is 25.1 Å². The molecule has 0 atom stereocenters. The molecule has 2 aromatic heterocycles. The fraction of sp³-hybridized carbons (Fsp3) is 0.348. The first-order valence-electron chi connectivity index (χ1n) is 10.4. The summed E-state index contributed by atoms with van der Waals surface area (Å²) < 4.78 is 10.9. The lowest BCUT2D eigenvalue weighted by Crippen LogP contribution is -2.29. The van der Waals surface area contributed by atoms with Crippen LogP contribution in [0.4, 0.5) is 5.13 Å². The summed E-state index contributed by atoms with van der Waals surface area (Å²) >= 11 is 1.22. The Kier molecular flexibility index (Phi) is 5.67. The second-order valence-corrected chi connectivity index (χ2v) is 8.89. The number of thiazole rings is 1. The van der Waals surface area contributed by atoms with Gasteiger partial charge in [0.25, 0.3) is 0 Å². The molecule has 1 aromatic carbocycles. The summed E-state index contributed by atoms with van der Waals surface area (Å²) in [4.78, 5) is 33.0. The predicted molar refractivity (Wildman–Crippen MR) is 117 cm³/mol. The molecule has 1 saturated heterocycles. The van der Waals surface area contributed by atoms with Crippen molar-refractivity contribution in [3.05, 3.63) is 58.7 Å². The van der Waals surface area contributed by atoms with E-state index in [1.807, 2.05) is 12.1 Å². The maximum atomic E-state index is 13.2. The number of carbonyl (C=O) groups excluding carboxylic acids is 2. The topological polar surface area (TPSA) is 84.7 Å². The number of hydrogen-bond acceptors (Lipinski definition) is 7. The first-order chi connectivity index (χ1) is 15.2. The zero-order chi connectivity index (χ0) is 21.2. The largest absolute Gasteiger partial charge is 0.463 e. The van der Waals surface area contributed by atoms with Crippen LogP contribution in [0.25, 0.3) is 11.5 Å². The number of nitrogens with one attached hydrogen (secondary N) is 1. The lowest BCUT2D eigenvalue weighted by molar-refractivity contribution is -0.117. The number of Topliss-reactive ketones (excluding diaryl/α,β-unsaturated/α-hetero) is 1. The minimum absolute atomic E-state index is 0.0442. The molecule has 1 fully saturated rings. The zero-order valence-electron chi connectivity index (χ0n) is 17.0. The van der Waals surface area contributed by atoms with Crippen molar-refractivity contribution in [1.82, 2.24) is 9.88 Å². The number of furan rings is 1. The number of ketones is 1. The summed E-state index contributed by atoms with van der Waals surface area (Å²) in [6, 6.07) is 11.8. The Morgan fingerprint density at radius 2 is 1.84 bits per heavy atom. The molecule has 0 spiro atoms. The Hall–Kier alpha value is -2.81. The highest BCUT2D eigenvalue weighted by Crippen LogP contribution is 2.35. The van der Waals surface area contributed by atoms with Gasteiger partial charge in [0.2, 0.25) is 5.91 Å². The van der Waals surface area contributed by atoms with Crippen LogP contribution in [0.5, 0.6) is 0 Å². The number of hydrogen-bond donors (Lipinski definition) is 1. The molecule has 1 amide bonds. The molecule has 5 rings (SSSR count). The molecule has 0 saturated carbocycles. The van der Waals surface area contributed by atoms with E-state index < -0.39 is 0 Å². The second-order valence-electron chi connectivity index (χ2n) is 7.89. The quantitative estimate of drug-likeness (QED) is 0.588. The molecule has 2 aliphatic rings. The van der Waals surface area contributed by atoms with Crippen molar-refractivity contribution in [2.45, 2.75) is 25.9 Å². The summed E-state index contributed by atoms with van der Waals surface area (Å²) in [6.07, 6.45) is 2.96. The molecule has 0 aliphatic carbocycles. The highest BCUT2D eigenvalue weighted by Gasteiger charge is 2.29. The lowest BCUT2D eigenvalue weighted by Gasteiger charge is -2.20. The molecule has 0 bridgehead atoms. The predicted octanol–water partition coefficient (Wildman–Crippen LogP) is 3.97. The van der Waals surface area contributed by atoms with E-state index in [9.17, 15) is 9.59 Å². The lowest BCUT2D eigenvalue weighted by atomic mass is 9.94. The average molecular weight is 438 g/mol. The number of rotatable bonds is 6. The standard InChI is InChI=1S/C23H23N3O4S/c27-19(14-26-12-16-4-1-2-5-17(16)13-26)24-23-25-20(18-6-3-9-30-18)22(31-23)21(28)15-7-10-29-11-8-15/h1-6,9,15H,7-8,10-14H2,(H,24,25,27). The van der Waals surface area contributed by atoms with Gasteiger partial charge in [0, 0.05) is 32.2 Å². The Bertz CT molecular complexity index is 1060. The van der Waals surface area contributed by atoms with Crippen LogP contribution in [0.15, 0.2) is 47.1 Å². The number of anilines is 1. The number of aromatic nitrogens is 1. The van der Waals surface area contributed by atoms with Crippen molar-refractivity contribution >= 4 is 28.2 Å². The average Bonchev–Trinajstić information content (AvgIpc) is 3.52. The van der Waals surface area contributed by atoms with E-state index >= 15 is 0 Å². The molecule has 1 N–H and O–H groups in total. The summed E-state index contributed by atoms with van der Waals surface area (Å²) in [5.74, 6) is 0.344. The number of carbonyl (C=O) groups is 2. The molecule has 0 unspecified atom stereocenters. The van der Waals surface area contributed by atoms with Crippen molar-refractivity contribution in [3.8, 4) is 11.5 Å². The number of benzene rings is 1. The number of fused-ring (bicyclic) bond motifs is 1. The smallest absolute Gasteiger partial charge is 0.240 e. The maximum Gasteiger partial charge on any atom is 0.240 e. The van der Waals surface area contributed by atoms with E-state index in [2.05, 4.69) is 27.3 Å². The number of ether oxygens (including phenoxy) is 1. The third-order valence-corrected chi connectivity index (χ3v) is 6.70. The van der Waals surface area contributed by atoms with E-state index in [0.717, 1.165) is 13.1 Å². The highest BCUT2D eigenvalue weighted by atomic mass is 32.1. The Balaban J connectivity index is 1.31. The Morgan fingerprint density at radius 3 is 2.52 bits per heavy atom. The summed E-state index contributed by atoms with van der Waals surface area (Å²) in [6.45, 7) is 2.97. The van der Waals surface area contributed by atoms with Gasteiger partial charge in [-0.3, -0.25) is 14.5 Å². The van der Waals surface area contributed by atoms with Crippen LogP contribution in [0.3, 0.4) is 0 Å². The summed E-state index contributed by atoms with van der Waals surface area (Å²) in [5, 5.41) is 3.30. The van der Waals surface area contributed by atoms with Crippen LogP contribution in [0.1, 0.15) is 33.6 Å². The molecule has 31 heavy (non-hydrogen) atoms. The van der Waals surface area contributed by atoms with Gasteiger partial charge in [0.1, 0.15) is 10.6 Å². The van der Waals surface area contributed by atoms with Gasteiger partial charge in [-0.2, -0.15) is 0 Å². The van der Waals surface area contributed by atoms with E-state index in [1.54, 1.807) is 18.4 Å². The zero-order valence-corrected chi connectivity index (χ0v) is 17.8. The van der Waals surface area contributed by atoms with Crippen LogP contribution in [-0.4, -0.2) is 41.3 Å². The molecule has 160 valence electrons. The van der Waals surface area contributed by atoms with E-state index in [0.29, 0.717) is 47.5 Å². The van der Waals surface area contributed by atoms with Crippen molar-refractivity contribution in [2.24, 2.45) is 5.92 Å². The SMILES string of the molecule is O=C(CN1Cc2ccccc2C1)Nc1nc(-c2ccco2)c(C(=O)C2CCOCC2)s1. The monoisotopic (exact) mass is 437 g/mol. The number of amides is 1. The van der Waals surface area contributed by atoms with Gasteiger partial charge in [0.05, 0.1) is 12.8 Å². The van der Waals surface area contributed by atoms with Gasteiger partial charge in [-0.05, 0) is 36.1 Å². The van der Waals surface area contributed by atoms with Gasteiger partial charge >= 0.3 is 0 Å². The fourth-order valence-corrected chi connectivity index (χ4v) is 5.15. The van der Waals surface area contributed by atoms with Gasteiger partial charge in [-0.25, -0.2) is 4.98 Å². The molecular weight excluding hydrogens is 414 g/mol. The molecule has 0 radical (unpaired) electrons. The molecule has 7 nitrogen and oxygen atoms in total.